The third-order valence-corrected chi connectivity index (χ3v) is 5.22. The highest BCUT2D eigenvalue weighted by Crippen LogP contribution is 2.33. The zero-order valence-electron chi connectivity index (χ0n) is 13.5. The SMILES string of the molecule is CCCC[C@H](C(=O)O)n1c(O)c(C=C2N=c3ccccc3=N2)sc1=S. The molecule has 0 spiro atoms. The van der Waals surface area contributed by atoms with Crippen LogP contribution < -0.4 is 10.7 Å². The van der Waals surface area contributed by atoms with Crippen molar-refractivity contribution in [3.05, 3.63) is 49.6 Å². The van der Waals surface area contributed by atoms with E-state index < -0.39 is 12.0 Å². The number of thiazole rings is 1. The molecule has 8 heteroatoms. The van der Waals surface area contributed by atoms with Gasteiger partial charge in [0.2, 0.25) is 5.88 Å². The number of carboxylic acids is 1. The molecule has 0 fully saturated rings. The van der Waals surface area contributed by atoms with Gasteiger partial charge in [-0.1, -0.05) is 31.9 Å². The Kier molecular flexibility index (Phi) is 5.10. The molecule has 0 unspecified atom stereocenters. The molecule has 0 radical (unpaired) electrons. The normalized spacial score (nSPS) is 13.7. The molecule has 1 atom stereocenters. The topological polar surface area (TPSA) is 87.2 Å². The number of rotatable bonds is 6. The van der Waals surface area contributed by atoms with Crippen molar-refractivity contribution in [2.75, 3.05) is 0 Å². The molecule has 1 aromatic carbocycles. The van der Waals surface area contributed by atoms with Gasteiger partial charge in [0.1, 0.15) is 6.04 Å². The number of para-hydroxylation sites is 2. The van der Waals surface area contributed by atoms with Crippen molar-refractivity contribution in [3.63, 3.8) is 0 Å². The lowest BCUT2D eigenvalue weighted by atomic mass is 10.1. The van der Waals surface area contributed by atoms with Crippen molar-refractivity contribution in [3.8, 4) is 5.88 Å². The van der Waals surface area contributed by atoms with E-state index in [1.807, 2.05) is 31.2 Å². The maximum Gasteiger partial charge on any atom is 0.326 e. The molecular weight excluding hydrogens is 358 g/mol. The van der Waals surface area contributed by atoms with Crippen LogP contribution in [0.1, 0.15) is 37.1 Å². The Hall–Kier alpha value is -2.32. The lowest BCUT2D eigenvalue weighted by Crippen LogP contribution is -2.19. The van der Waals surface area contributed by atoms with E-state index in [4.69, 9.17) is 12.2 Å². The summed E-state index contributed by atoms with van der Waals surface area (Å²) in [5.74, 6) is -0.688. The van der Waals surface area contributed by atoms with Gasteiger partial charge in [0.25, 0.3) is 0 Å². The summed E-state index contributed by atoms with van der Waals surface area (Å²) in [7, 11) is 0. The first-order chi connectivity index (χ1) is 12.0. The number of hydrogen-bond donors (Lipinski definition) is 2. The van der Waals surface area contributed by atoms with Crippen molar-refractivity contribution in [1.29, 1.82) is 0 Å². The fourth-order valence-corrected chi connectivity index (χ4v) is 3.97. The molecule has 0 amide bonds. The first-order valence-electron chi connectivity index (χ1n) is 7.92. The van der Waals surface area contributed by atoms with Crippen LogP contribution in [0.2, 0.25) is 0 Å². The summed E-state index contributed by atoms with van der Waals surface area (Å²) in [6.07, 6.45) is 3.66. The Morgan fingerprint density at radius 3 is 2.56 bits per heavy atom. The van der Waals surface area contributed by atoms with Crippen LogP contribution in [0.15, 0.2) is 40.1 Å². The monoisotopic (exact) mass is 375 g/mol. The van der Waals surface area contributed by atoms with Crippen LogP contribution in [0.25, 0.3) is 6.08 Å². The number of aromatic hydroxyl groups is 1. The van der Waals surface area contributed by atoms with Gasteiger partial charge in [0.05, 0.1) is 15.6 Å². The minimum atomic E-state index is -1.00. The third kappa shape index (κ3) is 3.54. The van der Waals surface area contributed by atoms with E-state index in [1.165, 1.54) is 4.57 Å². The standard InChI is InChI=1S/C17H17N3O3S2/c1-2-3-8-12(16(22)23)20-15(21)13(25-17(20)24)9-14-18-10-6-4-5-7-11(10)19-14/h4-7,9,12,21H,2-3,8H2,1H3,(H,22,23)/t12-/m1/s1. The number of aliphatic carboxylic acids is 1. The fraction of sp³-hybridized carbons (Fsp3) is 0.294. The second-order valence-electron chi connectivity index (χ2n) is 5.64. The van der Waals surface area contributed by atoms with E-state index >= 15 is 0 Å². The van der Waals surface area contributed by atoms with E-state index in [0.29, 0.717) is 21.1 Å². The summed E-state index contributed by atoms with van der Waals surface area (Å²) in [4.78, 5) is 20.8. The molecule has 1 aliphatic rings. The van der Waals surface area contributed by atoms with E-state index in [2.05, 4.69) is 9.98 Å². The second kappa shape index (κ2) is 7.28. The summed E-state index contributed by atoms with van der Waals surface area (Å²) in [6, 6.07) is 6.61. The first kappa shape index (κ1) is 17.5. The summed E-state index contributed by atoms with van der Waals surface area (Å²) in [6.45, 7) is 1.99. The van der Waals surface area contributed by atoms with Crippen LogP contribution >= 0.6 is 23.6 Å². The molecule has 3 rings (SSSR count). The maximum atomic E-state index is 11.6. The third-order valence-electron chi connectivity index (χ3n) is 3.88. The minimum Gasteiger partial charge on any atom is -0.493 e. The van der Waals surface area contributed by atoms with Gasteiger partial charge in [-0.15, -0.1) is 11.3 Å². The van der Waals surface area contributed by atoms with Gasteiger partial charge in [-0.2, -0.15) is 0 Å². The summed E-state index contributed by atoms with van der Waals surface area (Å²) in [5, 5.41) is 21.5. The van der Waals surface area contributed by atoms with E-state index in [0.717, 1.165) is 34.9 Å². The molecule has 0 bridgehead atoms. The molecular formula is C17H17N3O3S2. The van der Waals surface area contributed by atoms with Gasteiger partial charge in [0, 0.05) is 6.08 Å². The quantitative estimate of drug-likeness (QED) is 0.760. The number of unbranched alkanes of at least 4 members (excludes halogenated alkanes) is 1. The molecule has 130 valence electrons. The zero-order valence-corrected chi connectivity index (χ0v) is 15.2. The van der Waals surface area contributed by atoms with Gasteiger partial charge in [0.15, 0.2) is 9.78 Å². The molecule has 2 heterocycles. The largest absolute Gasteiger partial charge is 0.493 e. The second-order valence-corrected chi connectivity index (χ2v) is 7.31. The molecule has 0 aliphatic carbocycles. The van der Waals surface area contributed by atoms with Gasteiger partial charge in [-0.25, -0.2) is 14.8 Å². The maximum absolute atomic E-state index is 11.6. The molecule has 0 saturated heterocycles. The molecule has 25 heavy (non-hydrogen) atoms. The number of nitrogens with zero attached hydrogens (tertiary/aromatic N) is 3. The lowest BCUT2D eigenvalue weighted by molar-refractivity contribution is -0.141. The van der Waals surface area contributed by atoms with Crippen molar-refractivity contribution in [2.45, 2.75) is 32.2 Å². The number of aromatic nitrogens is 1. The van der Waals surface area contributed by atoms with Crippen molar-refractivity contribution >= 4 is 35.6 Å². The number of fused-ring (bicyclic) bond motifs is 1. The summed E-state index contributed by atoms with van der Waals surface area (Å²) >= 11 is 6.44. The van der Waals surface area contributed by atoms with Crippen molar-refractivity contribution < 1.29 is 15.0 Å². The van der Waals surface area contributed by atoms with E-state index in [-0.39, 0.29) is 5.88 Å². The predicted molar refractivity (Wildman–Crippen MR) is 97.7 cm³/mol. The average molecular weight is 375 g/mol. The highest BCUT2D eigenvalue weighted by molar-refractivity contribution is 7.73. The van der Waals surface area contributed by atoms with Crippen LogP contribution in [0.5, 0.6) is 5.88 Å². The number of carbonyl (C=O) groups is 1. The van der Waals surface area contributed by atoms with Crippen LogP contribution in [0.4, 0.5) is 0 Å². The Morgan fingerprint density at radius 2 is 2.00 bits per heavy atom. The van der Waals surface area contributed by atoms with Crippen molar-refractivity contribution in [2.24, 2.45) is 9.98 Å². The Bertz CT molecular complexity index is 983. The lowest BCUT2D eigenvalue weighted by Gasteiger charge is -2.14. The average Bonchev–Trinajstić information content (AvgIpc) is 3.10. The van der Waals surface area contributed by atoms with Crippen molar-refractivity contribution in [1.82, 2.24) is 4.57 Å². The molecule has 6 nitrogen and oxygen atoms in total. The summed E-state index contributed by atoms with van der Waals surface area (Å²) in [5.41, 5.74) is 0. The van der Waals surface area contributed by atoms with Gasteiger partial charge >= 0.3 is 5.97 Å². The Labute approximate surface area is 153 Å². The Morgan fingerprint density at radius 1 is 1.36 bits per heavy atom. The first-order valence-corrected chi connectivity index (χ1v) is 9.15. The zero-order chi connectivity index (χ0) is 18.0. The number of benzene rings is 1. The highest BCUT2D eigenvalue weighted by atomic mass is 32.1. The van der Waals surface area contributed by atoms with Gasteiger partial charge < -0.3 is 10.2 Å². The summed E-state index contributed by atoms with van der Waals surface area (Å²) < 4.78 is 1.63. The molecule has 2 aromatic rings. The Balaban J connectivity index is 2.00. The van der Waals surface area contributed by atoms with Crippen LogP contribution in [0, 0.1) is 3.95 Å². The van der Waals surface area contributed by atoms with Crippen LogP contribution in [-0.4, -0.2) is 20.7 Å². The minimum absolute atomic E-state index is 0.146. The van der Waals surface area contributed by atoms with Gasteiger partial charge in [-0.3, -0.25) is 4.57 Å². The molecule has 1 aliphatic heterocycles. The van der Waals surface area contributed by atoms with Gasteiger partial charge in [-0.05, 0) is 30.8 Å². The van der Waals surface area contributed by atoms with Crippen LogP contribution in [0.3, 0.4) is 0 Å². The van der Waals surface area contributed by atoms with Crippen LogP contribution in [-0.2, 0) is 4.79 Å². The molecule has 1 aromatic heterocycles. The van der Waals surface area contributed by atoms with E-state index in [1.54, 1.807) is 6.08 Å². The predicted octanol–water partition coefficient (Wildman–Crippen LogP) is 3.05. The molecule has 2 N–H and O–H groups in total. The molecule has 0 saturated carbocycles. The fourth-order valence-electron chi connectivity index (χ4n) is 2.63. The smallest absolute Gasteiger partial charge is 0.326 e. The number of carboxylic acid groups (broad SMARTS) is 1. The van der Waals surface area contributed by atoms with E-state index in [9.17, 15) is 15.0 Å². The highest BCUT2D eigenvalue weighted by Gasteiger charge is 2.25. The number of hydrogen-bond acceptors (Lipinski definition) is 6.